The fourth-order valence-corrected chi connectivity index (χ4v) is 3.65. The van der Waals surface area contributed by atoms with Crippen molar-refractivity contribution >= 4 is 40.1 Å². The van der Waals surface area contributed by atoms with Gasteiger partial charge in [-0.05, 0) is 17.5 Å². The minimum Gasteiger partial charge on any atom is -0.478 e. The first-order valence-electron chi connectivity index (χ1n) is 10.6. The number of amides is 1. The lowest BCUT2D eigenvalue weighted by Crippen LogP contribution is -2.17. The van der Waals surface area contributed by atoms with Crippen molar-refractivity contribution in [1.82, 2.24) is 4.98 Å². The Kier molecular flexibility index (Phi) is 8.93. The zero-order valence-corrected chi connectivity index (χ0v) is 19.3. The average Bonchev–Trinajstić information content (AvgIpc) is 3.30. The summed E-state index contributed by atoms with van der Waals surface area (Å²) in [5, 5.41) is 13.9. The first-order valence-corrected chi connectivity index (χ1v) is 11.4. The van der Waals surface area contributed by atoms with Gasteiger partial charge < -0.3 is 14.6 Å². The number of hydrogen-bond acceptors (Lipinski definition) is 7. The summed E-state index contributed by atoms with van der Waals surface area (Å²) in [4.78, 5) is 40.6. The number of ether oxygens (including phenoxy) is 2. The molecule has 1 heterocycles. The molecule has 0 saturated carbocycles. The lowest BCUT2D eigenvalue weighted by molar-refractivity contribution is -0.148. The van der Waals surface area contributed by atoms with Crippen LogP contribution in [0.5, 0.6) is 0 Å². The minimum atomic E-state index is -1.24. The summed E-state index contributed by atoms with van der Waals surface area (Å²) < 4.78 is 10.5. The van der Waals surface area contributed by atoms with Gasteiger partial charge in [0.25, 0.3) is 0 Å². The smallest absolute Gasteiger partial charge is 0.413 e. The number of rotatable bonds is 10. The van der Waals surface area contributed by atoms with Crippen molar-refractivity contribution in [2.24, 2.45) is 5.92 Å². The van der Waals surface area contributed by atoms with Crippen molar-refractivity contribution in [3.8, 4) is 0 Å². The van der Waals surface area contributed by atoms with E-state index in [4.69, 9.17) is 9.47 Å². The summed E-state index contributed by atoms with van der Waals surface area (Å²) >= 11 is 1.05. The fraction of sp³-hybridized carbons (Fsp3) is 0.200. The molecule has 3 aromatic rings. The monoisotopic (exact) mass is 480 g/mol. The van der Waals surface area contributed by atoms with Crippen molar-refractivity contribution in [2.45, 2.75) is 26.6 Å². The van der Waals surface area contributed by atoms with E-state index >= 15 is 0 Å². The van der Waals surface area contributed by atoms with Crippen molar-refractivity contribution in [3.05, 3.63) is 88.9 Å². The van der Waals surface area contributed by atoms with Crippen LogP contribution in [0.1, 0.15) is 30.2 Å². The van der Waals surface area contributed by atoms with Crippen LogP contribution in [0.2, 0.25) is 0 Å². The van der Waals surface area contributed by atoms with Crippen molar-refractivity contribution < 1.29 is 29.0 Å². The number of anilines is 1. The number of aromatic nitrogens is 1. The molecule has 1 unspecified atom stereocenters. The Hall–Kier alpha value is -3.98. The van der Waals surface area contributed by atoms with Crippen LogP contribution in [0.4, 0.5) is 9.93 Å². The van der Waals surface area contributed by atoms with Crippen LogP contribution in [-0.2, 0) is 32.3 Å². The van der Waals surface area contributed by atoms with E-state index in [1.54, 1.807) is 6.92 Å². The zero-order valence-electron chi connectivity index (χ0n) is 18.5. The molecular formula is C25H24N2O6S. The summed E-state index contributed by atoms with van der Waals surface area (Å²) in [6.45, 7) is 1.96. The highest BCUT2D eigenvalue weighted by molar-refractivity contribution is 7.14. The Morgan fingerprint density at radius 3 is 2.15 bits per heavy atom. The van der Waals surface area contributed by atoms with E-state index in [2.05, 4.69) is 10.3 Å². The van der Waals surface area contributed by atoms with Gasteiger partial charge in [0, 0.05) is 5.38 Å². The molecule has 0 aliphatic heterocycles. The third kappa shape index (κ3) is 7.28. The van der Waals surface area contributed by atoms with E-state index in [0.717, 1.165) is 22.5 Å². The lowest BCUT2D eigenvalue weighted by Gasteiger charge is -2.12. The predicted octanol–water partition coefficient (Wildman–Crippen LogP) is 5.13. The van der Waals surface area contributed by atoms with Crippen LogP contribution in [0.15, 0.2) is 72.1 Å². The second-order valence-corrected chi connectivity index (χ2v) is 8.08. The Morgan fingerprint density at radius 1 is 1.00 bits per heavy atom. The fourth-order valence-electron chi connectivity index (χ4n) is 2.96. The number of carbonyl (C=O) groups excluding carboxylic acids is 2. The van der Waals surface area contributed by atoms with Gasteiger partial charge in [0.1, 0.15) is 13.2 Å². The molecule has 0 fully saturated rings. The number of aliphatic carboxylic acids is 1. The van der Waals surface area contributed by atoms with E-state index < -0.39 is 23.9 Å². The van der Waals surface area contributed by atoms with E-state index in [9.17, 15) is 19.5 Å². The Balaban J connectivity index is 1.63. The normalized spacial score (nSPS) is 12.0. The molecule has 1 amide bonds. The van der Waals surface area contributed by atoms with Gasteiger partial charge in [-0.3, -0.25) is 10.1 Å². The third-order valence-corrected chi connectivity index (χ3v) is 5.52. The maximum absolute atomic E-state index is 12.5. The minimum absolute atomic E-state index is 0.0917. The van der Waals surface area contributed by atoms with Crippen LogP contribution in [0.3, 0.4) is 0 Å². The van der Waals surface area contributed by atoms with Crippen molar-refractivity contribution in [1.29, 1.82) is 0 Å². The molecule has 9 heteroatoms. The molecule has 34 heavy (non-hydrogen) atoms. The number of nitrogens with zero attached hydrogens (tertiary/aromatic N) is 1. The number of thiazole rings is 1. The quantitative estimate of drug-likeness (QED) is 0.305. The standard InChI is InChI=1S/C25H24N2O6S/c1-2-19(23(30)32-14-17-9-5-3-6-10-17)13-20(22(28)29)21-16-34-24(26-21)27-25(31)33-15-18-11-7-4-8-12-18/h3-13,16,19H,2,14-15H2,1H3,(H,28,29)(H,26,27,31). The summed E-state index contributed by atoms with van der Waals surface area (Å²) in [6, 6.07) is 18.4. The second kappa shape index (κ2) is 12.3. The number of hydrogen-bond donors (Lipinski definition) is 2. The number of nitrogens with one attached hydrogen (secondary N) is 1. The number of carbonyl (C=O) groups is 3. The maximum atomic E-state index is 12.5. The molecule has 0 radical (unpaired) electrons. The number of carboxylic acid groups (broad SMARTS) is 1. The second-order valence-electron chi connectivity index (χ2n) is 7.22. The molecular weight excluding hydrogens is 456 g/mol. The van der Waals surface area contributed by atoms with E-state index in [1.165, 1.54) is 11.5 Å². The molecule has 0 aliphatic carbocycles. The summed E-state index contributed by atoms with van der Waals surface area (Å²) in [7, 11) is 0. The average molecular weight is 481 g/mol. The Labute approximate surface area is 200 Å². The molecule has 1 atom stereocenters. The van der Waals surface area contributed by atoms with Crippen LogP contribution in [0, 0.1) is 5.92 Å². The van der Waals surface area contributed by atoms with Gasteiger partial charge >= 0.3 is 18.0 Å². The number of esters is 1. The maximum Gasteiger partial charge on any atom is 0.413 e. The molecule has 0 spiro atoms. The molecule has 2 aromatic carbocycles. The van der Waals surface area contributed by atoms with Gasteiger partial charge in [-0.1, -0.05) is 73.7 Å². The van der Waals surface area contributed by atoms with Gasteiger partial charge in [0.2, 0.25) is 0 Å². The van der Waals surface area contributed by atoms with Crippen LogP contribution < -0.4 is 5.32 Å². The van der Waals surface area contributed by atoms with E-state index in [-0.39, 0.29) is 29.6 Å². The Morgan fingerprint density at radius 2 is 1.59 bits per heavy atom. The molecule has 8 nitrogen and oxygen atoms in total. The van der Waals surface area contributed by atoms with Gasteiger partial charge in [0.05, 0.1) is 17.2 Å². The molecule has 0 bridgehead atoms. The molecule has 0 aliphatic rings. The van der Waals surface area contributed by atoms with Crippen LogP contribution >= 0.6 is 11.3 Å². The van der Waals surface area contributed by atoms with Crippen molar-refractivity contribution in [3.63, 3.8) is 0 Å². The highest BCUT2D eigenvalue weighted by atomic mass is 32.1. The summed E-state index contributed by atoms with van der Waals surface area (Å²) in [5.41, 5.74) is 1.65. The van der Waals surface area contributed by atoms with E-state index in [1.807, 2.05) is 60.7 Å². The molecule has 0 saturated heterocycles. The zero-order chi connectivity index (χ0) is 24.3. The van der Waals surface area contributed by atoms with Crippen molar-refractivity contribution in [2.75, 3.05) is 5.32 Å². The third-order valence-electron chi connectivity index (χ3n) is 4.77. The number of carboxylic acids is 1. The molecule has 1 aromatic heterocycles. The topological polar surface area (TPSA) is 115 Å². The van der Waals surface area contributed by atoms with Gasteiger partial charge in [-0.15, -0.1) is 11.3 Å². The largest absolute Gasteiger partial charge is 0.478 e. The van der Waals surface area contributed by atoms with E-state index in [0.29, 0.717) is 6.42 Å². The van der Waals surface area contributed by atoms with Crippen LogP contribution in [-0.4, -0.2) is 28.1 Å². The summed E-state index contributed by atoms with van der Waals surface area (Å²) in [6.07, 6.45) is 0.981. The first kappa shape index (κ1) is 24.7. The molecule has 176 valence electrons. The van der Waals surface area contributed by atoms with Gasteiger partial charge in [-0.25, -0.2) is 14.6 Å². The SMILES string of the molecule is CCC(C=C(C(=O)O)c1csc(NC(=O)OCc2ccccc2)n1)C(=O)OCc1ccccc1. The Bertz CT molecular complexity index is 1140. The predicted molar refractivity (Wildman–Crippen MR) is 128 cm³/mol. The van der Waals surface area contributed by atoms with Crippen LogP contribution in [0.25, 0.3) is 5.57 Å². The molecule has 2 N–H and O–H groups in total. The lowest BCUT2D eigenvalue weighted by atomic mass is 10.0. The number of benzene rings is 2. The molecule has 3 rings (SSSR count). The van der Waals surface area contributed by atoms with Gasteiger partial charge in [0.15, 0.2) is 5.13 Å². The van der Waals surface area contributed by atoms with Gasteiger partial charge in [-0.2, -0.15) is 0 Å². The first-order chi connectivity index (χ1) is 16.5. The highest BCUT2D eigenvalue weighted by Gasteiger charge is 2.22. The highest BCUT2D eigenvalue weighted by Crippen LogP contribution is 2.25. The summed E-state index contributed by atoms with van der Waals surface area (Å²) in [5.74, 6) is -2.52.